The highest BCUT2D eigenvalue weighted by Gasteiger charge is 2.39. The minimum Gasteiger partial charge on any atom is -0.479 e. The second-order valence-electron chi connectivity index (χ2n) is 4.53. The van der Waals surface area contributed by atoms with Crippen molar-refractivity contribution in [3.05, 3.63) is 0 Å². The lowest BCUT2D eigenvalue weighted by molar-refractivity contribution is -0.147. The van der Waals surface area contributed by atoms with Gasteiger partial charge in [0.25, 0.3) is 0 Å². The van der Waals surface area contributed by atoms with Gasteiger partial charge in [0, 0.05) is 7.11 Å². The Morgan fingerprint density at radius 1 is 1.44 bits per heavy atom. The fraction of sp³-hybridized carbons (Fsp3) is 0.818. The Hall–Kier alpha value is -1.18. The van der Waals surface area contributed by atoms with E-state index < -0.39 is 17.5 Å². The molecule has 1 atom stereocenters. The highest BCUT2D eigenvalue weighted by Crippen LogP contribution is 2.29. The van der Waals surface area contributed by atoms with Crippen LogP contribution in [0.25, 0.3) is 0 Å². The first-order chi connectivity index (χ1) is 8.52. The number of rotatable bonds is 6. The van der Waals surface area contributed by atoms with Gasteiger partial charge in [-0.05, 0) is 25.9 Å². The number of hydrogen-bond acceptors (Lipinski definition) is 5. The zero-order chi connectivity index (χ0) is 13.6. The van der Waals surface area contributed by atoms with E-state index >= 15 is 0 Å². The summed E-state index contributed by atoms with van der Waals surface area (Å²) in [6, 6.07) is 0. The van der Waals surface area contributed by atoms with Gasteiger partial charge in [-0.1, -0.05) is 0 Å². The molecule has 7 heteroatoms. The molecule has 0 radical (unpaired) electrons. The maximum absolute atomic E-state index is 12.1. The molecule has 0 saturated carbocycles. The molecule has 1 fully saturated rings. The number of carboxylic acid groups (broad SMARTS) is 1. The molecule has 104 valence electrons. The van der Waals surface area contributed by atoms with Crippen molar-refractivity contribution in [2.45, 2.75) is 18.9 Å². The van der Waals surface area contributed by atoms with E-state index in [1.54, 1.807) is 0 Å². The quantitative estimate of drug-likeness (QED) is 0.466. The number of ether oxygens (including phenoxy) is 1. The van der Waals surface area contributed by atoms with Crippen LogP contribution in [0.1, 0.15) is 12.8 Å². The molecule has 1 rings (SSSR count). The van der Waals surface area contributed by atoms with E-state index in [4.69, 9.17) is 14.9 Å². The van der Waals surface area contributed by atoms with Gasteiger partial charge in [0.2, 0.25) is 5.91 Å². The van der Waals surface area contributed by atoms with Crippen LogP contribution in [0.2, 0.25) is 0 Å². The fourth-order valence-electron chi connectivity index (χ4n) is 2.08. The fourth-order valence-corrected chi connectivity index (χ4v) is 2.08. The lowest BCUT2D eigenvalue weighted by atomic mass is 9.78. The second-order valence-corrected chi connectivity index (χ2v) is 4.53. The number of hydrogen-bond donors (Lipinski definition) is 4. The molecule has 4 N–H and O–H groups in total. The van der Waals surface area contributed by atoms with E-state index in [9.17, 15) is 9.59 Å². The highest BCUT2D eigenvalue weighted by atomic mass is 16.5. The summed E-state index contributed by atoms with van der Waals surface area (Å²) in [6.07, 6.45) is -0.304. The molecular formula is C11H20N2O5. The predicted octanol–water partition coefficient (Wildman–Crippen LogP) is -1.44. The predicted molar refractivity (Wildman–Crippen MR) is 63.1 cm³/mol. The first kappa shape index (κ1) is 14.9. The van der Waals surface area contributed by atoms with E-state index in [-0.39, 0.29) is 12.5 Å². The summed E-state index contributed by atoms with van der Waals surface area (Å²) < 4.78 is 5.09. The van der Waals surface area contributed by atoms with Gasteiger partial charge in [0.05, 0.1) is 18.6 Å². The standard InChI is InChI=1S/C11H20N2O5/c1-18-7-11(2-4-12-5-3-11)10(17)13-6-8(14)9(15)16/h8,12,14H,2-7H2,1H3,(H,13,17)(H,15,16)/t8-/m0/s1. The van der Waals surface area contributed by atoms with E-state index in [0.717, 1.165) is 13.1 Å². The number of aliphatic carboxylic acids is 1. The molecular weight excluding hydrogens is 240 g/mol. The third-order valence-corrected chi connectivity index (χ3v) is 3.20. The molecule has 7 nitrogen and oxygen atoms in total. The van der Waals surface area contributed by atoms with Crippen LogP contribution < -0.4 is 10.6 Å². The summed E-state index contributed by atoms with van der Waals surface area (Å²) >= 11 is 0. The van der Waals surface area contributed by atoms with Crippen molar-refractivity contribution in [3.8, 4) is 0 Å². The molecule has 0 aliphatic carbocycles. The van der Waals surface area contributed by atoms with Gasteiger partial charge in [-0.3, -0.25) is 4.79 Å². The average Bonchev–Trinajstić information content (AvgIpc) is 2.36. The molecule has 0 spiro atoms. The van der Waals surface area contributed by atoms with Gasteiger partial charge in [0.15, 0.2) is 6.10 Å². The van der Waals surface area contributed by atoms with Crippen LogP contribution >= 0.6 is 0 Å². The first-order valence-electron chi connectivity index (χ1n) is 5.91. The Balaban J connectivity index is 2.57. The number of methoxy groups -OCH3 is 1. The topological polar surface area (TPSA) is 108 Å². The summed E-state index contributed by atoms with van der Waals surface area (Å²) in [5, 5.41) is 23.3. The SMILES string of the molecule is COCC1(C(=O)NC[C@H](O)C(=O)O)CCNCC1. The van der Waals surface area contributed by atoms with Gasteiger partial charge in [-0.2, -0.15) is 0 Å². The maximum Gasteiger partial charge on any atom is 0.334 e. The number of nitrogens with one attached hydrogen (secondary N) is 2. The largest absolute Gasteiger partial charge is 0.479 e. The number of carboxylic acids is 1. The molecule has 0 aromatic rings. The zero-order valence-corrected chi connectivity index (χ0v) is 10.4. The Bertz CT molecular complexity index is 296. The van der Waals surface area contributed by atoms with Gasteiger partial charge < -0.3 is 25.6 Å². The monoisotopic (exact) mass is 260 g/mol. The molecule has 0 unspecified atom stereocenters. The molecule has 0 aromatic heterocycles. The van der Waals surface area contributed by atoms with E-state index in [1.165, 1.54) is 7.11 Å². The molecule has 1 amide bonds. The van der Waals surface area contributed by atoms with Crippen molar-refractivity contribution < 1.29 is 24.5 Å². The van der Waals surface area contributed by atoms with E-state index in [0.29, 0.717) is 19.4 Å². The summed E-state index contributed by atoms with van der Waals surface area (Å²) in [6.45, 7) is 1.45. The number of piperidine rings is 1. The van der Waals surface area contributed by atoms with Crippen LogP contribution in [0.4, 0.5) is 0 Å². The molecule has 0 bridgehead atoms. The van der Waals surface area contributed by atoms with Gasteiger partial charge in [0.1, 0.15) is 0 Å². The summed E-state index contributed by atoms with van der Waals surface area (Å²) in [5.74, 6) is -1.60. The van der Waals surface area contributed by atoms with Gasteiger partial charge >= 0.3 is 5.97 Å². The first-order valence-corrected chi connectivity index (χ1v) is 5.91. The zero-order valence-electron chi connectivity index (χ0n) is 10.4. The van der Waals surface area contributed by atoms with Crippen LogP contribution in [0.3, 0.4) is 0 Å². The minimum atomic E-state index is -1.57. The Labute approximate surface area is 106 Å². The van der Waals surface area contributed by atoms with Gasteiger partial charge in [-0.15, -0.1) is 0 Å². The molecule has 1 saturated heterocycles. The third kappa shape index (κ3) is 3.66. The van der Waals surface area contributed by atoms with Crippen molar-refractivity contribution in [1.29, 1.82) is 0 Å². The average molecular weight is 260 g/mol. The van der Waals surface area contributed by atoms with Crippen molar-refractivity contribution >= 4 is 11.9 Å². The molecule has 0 aromatic carbocycles. The summed E-state index contributed by atoms with van der Waals surface area (Å²) in [5.41, 5.74) is -0.627. The van der Waals surface area contributed by atoms with Crippen LogP contribution in [0, 0.1) is 5.41 Å². The van der Waals surface area contributed by atoms with Crippen LogP contribution in [0.15, 0.2) is 0 Å². The number of aliphatic hydroxyl groups excluding tert-OH is 1. The number of amides is 1. The third-order valence-electron chi connectivity index (χ3n) is 3.20. The number of carbonyl (C=O) groups is 2. The lowest BCUT2D eigenvalue weighted by Crippen LogP contribution is -2.51. The van der Waals surface area contributed by atoms with E-state index in [1.807, 2.05) is 0 Å². The van der Waals surface area contributed by atoms with Crippen molar-refractivity contribution in [1.82, 2.24) is 10.6 Å². The molecule has 1 heterocycles. The van der Waals surface area contributed by atoms with Crippen LogP contribution in [-0.4, -0.2) is 61.5 Å². The van der Waals surface area contributed by atoms with Crippen LogP contribution in [0.5, 0.6) is 0 Å². The molecule has 1 aliphatic heterocycles. The normalized spacial score (nSPS) is 20.1. The summed E-state index contributed by atoms with van der Waals surface area (Å²) in [7, 11) is 1.53. The van der Waals surface area contributed by atoms with Crippen LogP contribution in [-0.2, 0) is 14.3 Å². The number of carbonyl (C=O) groups excluding carboxylic acids is 1. The smallest absolute Gasteiger partial charge is 0.334 e. The Morgan fingerprint density at radius 3 is 2.56 bits per heavy atom. The van der Waals surface area contributed by atoms with Crippen molar-refractivity contribution in [2.24, 2.45) is 5.41 Å². The highest BCUT2D eigenvalue weighted by molar-refractivity contribution is 5.83. The lowest BCUT2D eigenvalue weighted by Gasteiger charge is -2.35. The van der Waals surface area contributed by atoms with Crippen molar-refractivity contribution in [2.75, 3.05) is 33.4 Å². The Kier molecular flexibility index (Phi) is 5.52. The van der Waals surface area contributed by atoms with E-state index in [2.05, 4.69) is 10.6 Å². The molecule has 18 heavy (non-hydrogen) atoms. The Morgan fingerprint density at radius 2 is 2.06 bits per heavy atom. The van der Waals surface area contributed by atoms with Gasteiger partial charge in [-0.25, -0.2) is 4.79 Å². The summed E-state index contributed by atoms with van der Waals surface area (Å²) in [4.78, 5) is 22.6. The number of aliphatic hydroxyl groups is 1. The van der Waals surface area contributed by atoms with Crippen molar-refractivity contribution in [3.63, 3.8) is 0 Å². The second kappa shape index (κ2) is 6.67. The minimum absolute atomic E-state index is 0.258. The maximum atomic E-state index is 12.1. The molecule has 1 aliphatic rings.